The van der Waals surface area contributed by atoms with Crippen LogP contribution in [0.5, 0.6) is 0 Å². The van der Waals surface area contributed by atoms with E-state index in [-0.39, 0.29) is 0 Å². The minimum absolute atomic E-state index is 0.295. The number of nitrogens with two attached hydrogens (primary N) is 1. The lowest BCUT2D eigenvalue weighted by Crippen LogP contribution is -2.34. The Bertz CT molecular complexity index is 531. The Morgan fingerprint density at radius 2 is 2.19 bits per heavy atom. The number of hydrogen-bond acceptors (Lipinski definition) is 2. The molecule has 0 spiro atoms. The van der Waals surface area contributed by atoms with Gasteiger partial charge in [-0.2, -0.15) is 0 Å². The molecule has 4 nitrogen and oxygen atoms in total. The Balaban J connectivity index is 2.42. The first-order valence-corrected chi connectivity index (χ1v) is 5.12. The second-order valence-electron chi connectivity index (χ2n) is 3.93. The van der Waals surface area contributed by atoms with Gasteiger partial charge in [0, 0.05) is 23.6 Å². The van der Waals surface area contributed by atoms with E-state index in [1.165, 1.54) is 0 Å². The van der Waals surface area contributed by atoms with E-state index in [0.29, 0.717) is 6.54 Å². The van der Waals surface area contributed by atoms with Gasteiger partial charge in [0.15, 0.2) is 0 Å². The Morgan fingerprint density at radius 3 is 2.88 bits per heavy atom. The molecule has 0 aliphatic rings. The molecule has 1 heterocycles. The average molecular weight is 218 g/mol. The van der Waals surface area contributed by atoms with Crippen LogP contribution in [0.3, 0.4) is 0 Å². The van der Waals surface area contributed by atoms with Crippen molar-refractivity contribution in [3.8, 4) is 0 Å². The van der Waals surface area contributed by atoms with Gasteiger partial charge < -0.3 is 15.4 Å². The smallest absolute Gasteiger partial charge is 0.322 e. The minimum Gasteiger partial charge on any atom is -0.480 e. The molecule has 0 fully saturated rings. The third-order valence-electron chi connectivity index (χ3n) is 2.70. The lowest BCUT2D eigenvalue weighted by molar-refractivity contribution is -0.138. The summed E-state index contributed by atoms with van der Waals surface area (Å²) in [4.78, 5) is 10.7. The van der Waals surface area contributed by atoms with Crippen molar-refractivity contribution >= 4 is 16.9 Å². The van der Waals surface area contributed by atoms with Gasteiger partial charge in [-0.1, -0.05) is 18.2 Å². The lowest BCUT2D eigenvalue weighted by Gasteiger charge is -2.08. The maximum absolute atomic E-state index is 10.7. The molecule has 16 heavy (non-hydrogen) atoms. The van der Waals surface area contributed by atoms with E-state index in [1.54, 1.807) is 0 Å². The fourth-order valence-electron chi connectivity index (χ4n) is 1.87. The van der Waals surface area contributed by atoms with Crippen molar-refractivity contribution in [3.63, 3.8) is 0 Å². The molecule has 0 radical (unpaired) electrons. The first-order chi connectivity index (χ1) is 7.59. The maximum Gasteiger partial charge on any atom is 0.322 e. The number of carbonyl (C=O) groups is 1. The number of aryl methyl sites for hydroxylation is 1. The zero-order chi connectivity index (χ0) is 11.7. The van der Waals surface area contributed by atoms with Crippen LogP contribution in [0.4, 0.5) is 0 Å². The number of nitrogens with zero attached hydrogens (tertiary/aromatic N) is 1. The summed E-state index contributed by atoms with van der Waals surface area (Å²) in [5, 5.41) is 9.92. The molecule has 84 valence electrons. The number of hydrogen-bond donors (Lipinski definition) is 2. The van der Waals surface area contributed by atoms with E-state index in [4.69, 9.17) is 10.8 Å². The highest BCUT2D eigenvalue weighted by molar-refractivity contribution is 5.84. The van der Waals surface area contributed by atoms with Crippen molar-refractivity contribution in [2.75, 3.05) is 0 Å². The van der Waals surface area contributed by atoms with E-state index in [9.17, 15) is 4.79 Å². The van der Waals surface area contributed by atoms with Crippen molar-refractivity contribution in [3.05, 3.63) is 36.0 Å². The zero-order valence-electron chi connectivity index (χ0n) is 9.05. The highest BCUT2D eigenvalue weighted by Crippen LogP contribution is 2.20. The molecule has 4 heteroatoms. The van der Waals surface area contributed by atoms with Crippen molar-refractivity contribution in [1.82, 2.24) is 4.57 Å². The van der Waals surface area contributed by atoms with Gasteiger partial charge in [0.25, 0.3) is 0 Å². The molecule has 0 aliphatic heterocycles. The minimum atomic E-state index is -0.976. The second kappa shape index (κ2) is 3.98. The summed E-state index contributed by atoms with van der Waals surface area (Å²) in [6.07, 6.45) is 1.94. The molecule has 0 saturated heterocycles. The molecular formula is C12H14N2O2. The van der Waals surface area contributed by atoms with Gasteiger partial charge in [0.2, 0.25) is 0 Å². The van der Waals surface area contributed by atoms with Gasteiger partial charge >= 0.3 is 5.97 Å². The van der Waals surface area contributed by atoms with Gasteiger partial charge in [-0.05, 0) is 18.6 Å². The number of aromatic nitrogens is 1. The SMILES string of the molecule is Cc1cn(CC(N)C(=O)O)c2ccccc12. The van der Waals surface area contributed by atoms with E-state index >= 15 is 0 Å². The lowest BCUT2D eigenvalue weighted by atomic mass is 10.2. The number of carboxylic acid groups (broad SMARTS) is 1. The van der Waals surface area contributed by atoms with Crippen molar-refractivity contribution < 1.29 is 9.90 Å². The Labute approximate surface area is 93.3 Å². The average Bonchev–Trinajstić information content (AvgIpc) is 2.57. The van der Waals surface area contributed by atoms with Gasteiger partial charge in [-0.3, -0.25) is 4.79 Å². The van der Waals surface area contributed by atoms with Crippen LogP contribution in [-0.2, 0) is 11.3 Å². The number of benzene rings is 1. The highest BCUT2D eigenvalue weighted by atomic mass is 16.4. The third kappa shape index (κ3) is 1.79. The van der Waals surface area contributed by atoms with Crippen LogP contribution >= 0.6 is 0 Å². The van der Waals surface area contributed by atoms with Gasteiger partial charge in [0.05, 0.1) is 0 Å². The van der Waals surface area contributed by atoms with E-state index < -0.39 is 12.0 Å². The van der Waals surface area contributed by atoms with Crippen LogP contribution in [0, 0.1) is 6.92 Å². The predicted molar refractivity (Wildman–Crippen MR) is 62.3 cm³/mol. The molecule has 0 aliphatic carbocycles. The first-order valence-electron chi connectivity index (χ1n) is 5.12. The Morgan fingerprint density at radius 1 is 1.50 bits per heavy atom. The Hall–Kier alpha value is -1.81. The second-order valence-corrected chi connectivity index (χ2v) is 3.93. The standard InChI is InChI=1S/C12H14N2O2/c1-8-6-14(7-10(13)12(15)16)11-5-3-2-4-9(8)11/h2-6,10H,7,13H2,1H3,(H,15,16). The summed E-state index contributed by atoms with van der Waals surface area (Å²) in [5.74, 6) is -0.976. The topological polar surface area (TPSA) is 68.2 Å². The number of carboxylic acids is 1. The van der Waals surface area contributed by atoms with Crippen molar-refractivity contribution in [2.45, 2.75) is 19.5 Å². The van der Waals surface area contributed by atoms with Gasteiger partial charge in [-0.25, -0.2) is 0 Å². The van der Waals surface area contributed by atoms with Crippen molar-refractivity contribution in [1.29, 1.82) is 0 Å². The van der Waals surface area contributed by atoms with Crippen molar-refractivity contribution in [2.24, 2.45) is 5.73 Å². The van der Waals surface area contributed by atoms with Crippen LogP contribution in [0.25, 0.3) is 10.9 Å². The molecule has 2 rings (SSSR count). The largest absolute Gasteiger partial charge is 0.480 e. The van der Waals surface area contributed by atoms with Crippen LogP contribution in [-0.4, -0.2) is 21.7 Å². The molecule has 2 aromatic rings. The van der Waals surface area contributed by atoms with E-state index in [2.05, 4.69) is 0 Å². The van der Waals surface area contributed by atoms with E-state index in [1.807, 2.05) is 42.0 Å². The summed E-state index contributed by atoms with van der Waals surface area (Å²) in [6, 6.07) is 7.03. The Kier molecular flexibility index (Phi) is 2.66. The molecule has 1 unspecified atom stereocenters. The van der Waals surface area contributed by atoms with Gasteiger partial charge in [0.1, 0.15) is 6.04 Å². The summed E-state index contributed by atoms with van der Waals surface area (Å²) in [5.41, 5.74) is 7.69. The van der Waals surface area contributed by atoms with Gasteiger partial charge in [-0.15, -0.1) is 0 Å². The molecule has 0 amide bonds. The monoisotopic (exact) mass is 218 g/mol. The fourth-order valence-corrected chi connectivity index (χ4v) is 1.87. The normalized spacial score (nSPS) is 12.9. The maximum atomic E-state index is 10.7. The fraction of sp³-hybridized carbons (Fsp3) is 0.250. The summed E-state index contributed by atoms with van der Waals surface area (Å²) >= 11 is 0. The predicted octanol–water partition coefficient (Wildman–Crippen LogP) is 1.36. The summed E-state index contributed by atoms with van der Waals surface area (Å²) < 4.78 is 1.89. The molecule has 3 N–H and O–H groups in total. The molecule has 0 bridgehead atoms. The number of para-hydroxylation sites is 1. The van der Waals surface area contributed by atoms with Crippen LogP contribution in [0.2, 0.25) is 0 Å². The highest BCUT2D eigenvalue weighted by Gasteiger charge is 2.13. The van der Waals surface area contributed by atoms with Crippen LogP contribution in [0.1, 0.15) is 5.56 Å². The molecule has 1 atom stereocenters. The number of aliphatic carboxylic acids is 1. The number of fused-ring (bicyclic) bond motifs is 1. The molecule has 1 aromatic carbocycles. The quantitative estimate of drug-likeness (QED) is 0.817. The zero-order valence-corrected chi connectivity index (χ0v) is 9.05. The first kappa shape index (κ1) is 10.7. The number of rotatable bonds is 3. The summed E-state index contributed by atoms with van der Waals surface area (Å²) in [6.45, 7) is 2.30. The third-order valence-corrected chi connectivity index (χ3v) is 2.70. The van der Waals surface area contributed by atoms with Crippen LogP contribution < -0.4 is 5.73 Å². The molecular weight excluding hydrogens is 204 g/mol. The van der Waals surface area contributed by atoms with E-state index in [0.717, 1.165) is 16.5 Å². The summed E-state index contributed by atoms with van der Waals surface area (Å²) in [7, 11) is 0. The molecule has 0 saturated carbocycles. The molecule has 1 aromatic heterocycles. The van der Waals surface area contributed by atoms with Crippen LogP contribution in [0.15, 0.2) is 30.5 Å².